The molecule has 1 spiro atoms. The summed E-state index contributed by atoms with van der Waals surface area (Å²) in [5, 5.41) is 9.43. The molecule has 3 fully saturated rings. The van der Waals surface area contributed by atoms with Crippen LogP contribution in [0, 0.1) is 11.8 Å². The van der Waals surface area contributed by atoms with Gasteiger partial charge in [-0.1, -0.05) is 12.2 Å². The molecule has 0 saturated carbocycles. The first-order valence-electron chi connectivity index (χ1n) is 8.30. The van der Waals surface area contributed by atoms with E-state index in [1.54, 1.807) is 11.0 Å². The number of carbonyl (C=O) groups excluding carboxylic acids is 1. The lowest BCUT2D eigenvalue weighted by atomic mass is 9.77. The predicted octanol–water partition coefficient (Wildman–Crippen LogP) is -0.425. The molecule has 23 heavy (non-hydrogen) atoms. The largest absolute Gasteiger partial charge is 0.481 e. The van der Waals surface area contributed by atoms with E-state index in [2.05, 4.69) is 4.90 Å². The topological polar surface area (TPSA) is 79.3 Å². The second-order valence-electron chi connectivity index (χ2n) is 6.81. The Labute approximate surface area is 134 Å². The molecule has 0 radical (unpaired) electrons. The average Bonchev–Trinajstić information content (AvgIpc) is 3.17. The third kappa shape index (κ3) is 2.38. The second kappa shape index (κ2) is 5.58. The smallest absolute Gasteiger partial charge is 0.310 e. The average molecular weight is 322 g/mol. The molecular formula is C16H22N2O5. The normalized spacial score (nSPS) is 39.2. The summed E-state index contributed by atoms with van der Waals surface area (Å²) >= 11 is 0. The summed E-state index contributed by atoms with van der Waals surface area (Å²) < 4.78 is 11.2. The van der Waals surface area contributed by atoms with E-state index in [0.29, 0.717) is 13.1 Å². The van der Waals surface area contributed by atoms with Gasteiger partial charge in [0.25, 0.3) is 0 Å². The first-order valence-corrected chi connectivity index (χ1v) is 8.30. The molecule has 4 aliphatic rings. The van der Waals surface area contributed by atoms with Crippen molar-refractivity contribution in [3.63, 3.8) is 0 Å². The quantitative estimate of drug-likeness (QED) is 0.692. The summed E-state index contributed by atoms with van der Waals surface area (Å²) in [7, 11) is 0. The number of morpholine rings is 1. The minimum absolute atomic E-state index is 0.0637. The second-order valence-corrected chi connectivity index (χ2v) is 6.81. The fourth-order valence-corrected chi connectivity index (χ4v) is 4.36. The first-order chi connectivity index (χ1) is 11.1. The highest BCUT2D eigenvalue weighted by Crippen LogP contribution is 2.51. The van der Waals surface area contributed by atoms with Crippen molar-refractivity contribution in [3.05, 3.63) is 12.2 Å². The maximum Gasteiger partial charge on any atom is 0.310 e. The fraction of sp³-hybridized carbons (Fsp3) is 0.750. The van der Waals surface area contributed by atoms with Gasteiger partial charge in [-0.05, 0) is 6.42 Å². The molecule has 1 amide bonds. The highest BCUT2D eigenvalue weighted by Gasteiger charge is 2.66. The lowest BCUT2D eigenvalue weighted by Crippen LogP contribution is -2.40. The number of hydrogen-bond donors (Lipinski definition) is 1. The van der Waals surface area contributed by atoms with Gasteiger partial charge in [0, 0.05) is 26.2 Å². The minimum atomic E-state index is -0.935. The van der Waals surface area contributed by atoms with Gasteiger partial charge in [0.2, 0.25) is 5.91 Å². The maximum absolute atomic E-state index is 12.7. The molecule has 126 valence electrons. The summed E-state index contributed by atoms with van der Waals surface area (Å²) in [6, 6.07) is 0. The molecule has 7 heteroatoms. The standard InChI is InChI=1S/C16H22N2O5/c19-14-13-12(15(20)21)11-2-3-16(13,23-11)10-18(14)5-1-4-17-6-8-22-9-7-17/h2-3,11-13H,1,4-10H2,(H,20,21)/t11-,12-,13-,16+/m1/s1. The van der Waals surface area contributed by atoms with Crippen molar-refractivity contribution < 1.29 is 24.2 Å². The highest BCUT2D eigenvalue weighted by molar-refractivity contribution is 5.90. The molecule has 1 N–H and O–H groups in total. The van der Waals surface area contributed by atoms with Crippen molar-refractivity contribution in [2.45, 2.75) is 18.1 Å². The van der Waals surface area contributed by atoms with Gasteiger partial charge in [-0.2, -0.15) is 0 Å². The predicted molar refractivity (Wildman–Crippen MR) is 79.8 cm³/mol. The number of carboxylic acid groups (broad SMARTS) is 1. The molecule has 4 rings (SSSR count). The van der Waals surface area contributed by atoms with Gasteiger partial charge < -0.3 is 19.5 Å². The van der Waals surface area contributed by atoms with Crippen LogP contribution >= 0.6 is 0 Å². The van der Waals surface area contributed by atoms with Crippen molar-refractivity contribution in [1.82, 2.24) is 9.80 Å². The number of hydrogen-bond acceptors (Lipinski definition) is 5. The zero-order chi connectivity index (χ0) is 16.0. The molecule has 0 aromatic carbocycles. The Morgan fingerprint density at radius 3 is 2.87 bits per heavy atom. The zero-order valence-corrected chi connectivity index (χ0v) is 13.0. The van der Waals surface area contributed by atoms with Gasteiger partial charge in [-0.3, -0.25) is 14.5 Å². The molecule has 4 heterocycles. The first kappa shape index (κ1) is 15.1. The van der Waals surface area contributed by atoms with Gasteiger partial charge in [0.05, 0.1) is 31.8 Å². The molecular weight excluding hydrogens is 300 g/mol. The van der Waals surface area contributed by atoms with Crippen molar-refractivity contribution >= 4 is 11.9 Å². The third-order valence-corrected chi connectivity index (χ3v) is 5.47. The van der Waals surface area contributed by atoms with Crippen LogP contribution in [0.15, 0.2) is 12.2 Å². The van der Waals surface area contributed by atoms with E-state index in [0.717, 1.165) is 39.3 Å². The number of ether oxygens (including phenoxy) is 2. The van der Waals surface area contributed by atoms with E-state index >= 15 is 0 Å². The van der Waals surface area contributed by atoms with Crippen LogP contribution in [0.25, 0.3) is 0 Å². The van der Waals surface area contributed by atoms with Crippen LogP contribution in [-0.4, -0.2) is 84.4 Å². The van der Waals surface area contributed by atoms with Gasteiger partial charge >= 0.3 is 5.97 Å². The number of fused-ring (bicyclic) bond motifs is 1. The Balaban J connectivity index is 1.38. The van der Waals surface area contributed by atoms with Crippen molar-refractivity contribution in [1.29, 1.82) is 0 Å². The lowest BCUT2D eigenvalue weighted by Gasteiger charge is -2.27. The Hall–Kier alpha value is -1.44. The number of nitrogens with zero attached hydrogens (tertiary/aromatic N) is 2. The van der Waals surface area contributed by atoms with Crippen molar-refractivity contribution in [3.8, 4) is 0 Å². The monoisotopic (exact) mass is 322 g/mol. The number of carboxylic acids is 1. The van der Waals surface area contributed by atoms with E-state index in [9.17, 15) is 14.7 Å². The number of carbonyl (C=O) groups is 2. The van der Waals surface area contributed by atoms with Crippen LogP contribution in [0.2, 0.25) is 0 Å². The Morgan fingerprint density at radius 1 is 1.35 bits per heavy atom. The number of amides is 1. The molecule has 7 nitrogen and oxygen atoms in total. The van der Waals surface area contributed by atoms with Crippen LogP contribution in [-0.2, 0) is 19.1 Å². The van der Waals surface area contributed by atoms with Gasteiger partial charge in [-0.15, -0.1) is 0 Å². The van der Waals surface area contributed by atoms with E-state index in [-0.39, 0.29) is 5.91 Å². The molecule has 0 aliphatic carbocycles. The summed E-state index contributed by atoms with van der Waals surface area (Å²) in [6.45, 7) is 5.50. The van der Waals surface area contributed by atoms with E-state index in [4.69, 9.17) is 9.47 Å². The van der Waals surface area contributed by atoms with E-state index in [1.807, 2.05) is 6.08 Å². The summed E-state index contributed by atoms with van der Waals surface area (Å²) in [5.74, 6) is -2.30. The Bertz CT molecular complexity index is 545. The summed E-state index contributed by atoms with van der Waals surface area (Å²) in [5.41, 5.74) is -0.705. The minimum Gasteiger partial charge on any atom is -0.481 e. The molecule has 4 atom stereocenters. The molecule has 4 aliphatic heterocycles. The highest BCUT2D eigenvalue weighted by atomic mass is 16.5. The van der Waals surface area contributed by atoms with Crippen LogP contribution in [0.5, 0.6) is 0 Å². The zero-order valence-electron chi connectivity index (χ0n) is 13.0. The number of rotatable bonds is 5. The summed E-state index contributed by atoms with van der Waals surface area (Å²) in [4.78, 5) is 28.3. The molecule has 2 bridgehead atoms. The van der Waals surface area contributed by atoms with E-state index in [1.165, 1.54) is 0 Å². The number of likely N-dealkylation sites (tertiary alicyclic amines) is 1. The van der Waals surface area contributed by atoms with Crippen LogP contribution in [0.4, 0.5) is 0 Å². The fourth-order valence-electron chi connectivity index (χ4n) is 4.36. The number of aliphatic carboxylic acids is 1. The molecule has 0 aromatic heterocycles. The molecule has 0 unspecified atom stereocenters. The van der Waals surface area contributed by atoms with Crippen molar-refractivity contribution in [2.75, 3.05) is 45.9 Å². The lowest BCUT2D eigenvalue weighted by molar-refractivity contribution is -0.148. The van der Waals surface area contributed by atoms with Crippen LogP contribution in [0.3, 0.4) is 0 Å². The van der Waals surface area contributed by atoms with Gasteiger partial charge in [0.15, 0.2) is 0 Å². The molecule has 0 aromatic rings. The van der Waals surface area contributed by atoms with Gasteiger partial charge in [0.1, 0.15) is 11.5 Å². The van der Waals surface area contributed by atoms with Crippen LogP contribution in [0.1, 0.15) is 6.42 Å². The Kier molecular flexibility index (Phi) is 3.66. The third-order valence-electron chi connectivity index (χ3n) is 5.47. The van der Waals surface area contributed by atoms with Crippen LogP contribution < -0.4 is 0 Å². The SMILES string of the molecule is O=C(O)[C@@H]1[C@H]2C=C[C@@]3(CN(CCCN4CCOCC4)C(=O)[C@@H]13)O2. The van der Waals surface area contributed by atoms with E-state index < -0.39 is 29.5 Å². The summed E-state index contributed by atoms with van der Waals surface area (Å²) in [6.07, 6.45) is 4.15. The Morgan fingerprint density at radius 2 is 2.13 bits per heavy atom. The molecule has 3 saturated heterocycles. The van der Waals surface area contributed by atoms with Gasteiger partial charge in [-0.25, -0.2) is 0 Å². The maximum atomic E-state index is 12.7. The van der Waals surface area contributed by atoms with Crippen molar-refractivity contribution in [2.24, 2.45) is 11.8 Å².